The van der Waals surface area contributed by atoms with Gasteiger partial charge in [-0.25, -0.2) is 0 Å². The largest absolute Gasteiger partial charge is 0.134 e. The van der Waals surface area contributed by atoms with E-state index in [1.165, 1.54) is 85.6 Å². The third-order valence-corrected chi connectivity index (χ3v) is 11.3. The molecule has 8 aromatic rings. The van der Waals surface area contributed by atoms with Gasteiger partial charge in [-0.15, -0.1) is 22.7 Å². The zero-order valence-corrected chi connectivity index (χ0v) is 28.6. The van der Waals surface area contributed by atoms with Crippen LogP contribution >= 0.6 is 22.7 Å². The summed E-state index contributed by atoms with van der Waals surface area (Å²) in [4.78, 5) is 5.21. The van der Waals surface area contributed by atoms with Crippen molar-refractivity contribution in [3.05, 3.63) is 179 Å². The van der Waals surface area contributed by atoms with Crippen molar-refractivity contribution in [1.82, 2.24) is 0 Å². The summed E-state index contributed by atoms with van der Waals surface area (Å²) >= 11 is 3.73. The van der Waals surface area contributed by atoms with Crippen LogP contribution in [0.3, 0.4) is 0 Å². The molecule has 0 aliphatic rings. The topological polar surface area (TPSA) is 0 Å². The zero-order chi connectivity index (χ0) is 32.5. The number of aryl methyl sites for hydroxylation is 2. The van der Waals surface area contributed by atoms with Gasteiger partial charge < -0.3 is 0 Å². The highest BCUT2D eigenvalue weighted by Gasteiger charge is 2.10. The van der Waals surface area contributed by atoms with Crippen LogP contribution in [0.5, 0.6) is 0 Å². The van der Waals surface area contributed by atoms with Crippen LogP contribution in [-0.4, -0.2) is 0 Å². The van der Waals surface area contributed by atoms with Gasteiger partial charge in [0.15, 0.2) is 0 Å². The molecule has 48 heavy (non-hydrogen) atoms. The summed E-state index contributed by atoms with van der Waals surface area (Å²) in [6.45, 7) is 4.24. The Balaban J connectivity index is 0.976. The van der Waals surface area contributed by atoms with Gasteiger partial charge in [0, 0.05) is 19.5 Å². The summed E-state index contributed by atoms with van der Waals surface area (Å²) in [7, 11) is 0. The molecule has 0 fully saturated rings. The molecule has 0 atom stereocenters. The lowest BCUT2D eigenvalue weighted by molar-refractivity contribution is 1.46. The second-order valence-corrected chi connectivity index (χ2v) is 14.6. The average molecular weight is 651 g/mol. The SMILES string of the molecule is Cc1ccc(C=Cc2ccc3cc(-c4ccc(-c5ccc(-c6ccc7cc(C=Cc8ccc(C)cc8)ccc7c6)s5)s4)ccc3c2)cc1. The van der Waals surface area contributed by atoms with E-state index in [1.54, 1.807) is 0 Å². The molecule has 0 nitrogen and oxygen atoms in total. The Bertz CT molecular complexity index is 2270. The van der Waals surface area contributed by atoms with Crippen LogP contribution < -0.4 is 0 Å². The summed E-state index contributed by atoms with van der Waals surface area (Å²) in [5.74, 6) is 0. The smallest absolute Gasteiger partial charge is 0.0449 e. The number of rotatable bonds is 7. The molecule has 2 heteroatoms. The fourth-order valence-corrected chi connectivity index (χ4v) is 8.13. The summed E-state index contributed by atoms with van der Waals surface area (Å²) in [6.07, 6.45) is 8.75. The normalized spacial score (nSPS) is 11.8. The van der Waals surface area contributed by atoms with Crippen molar-refractivity contribution in [2.45, 2.75) is 13.8 Å². The predicted octanol–water partition coefficient (Wildman–Crippen LogP) is 14.1. The van der Waals surface area contributed by atoms with Crippen LogP contribution in [0.2, 0.25) is 0 Å². The lowest BCUT2D eigenvalue weighted by Crippen LogP contribution is -1.79. The Hall–Kier alpha value is -5.28. The fourth-order valence-electron chi connectivity index (χ4n) is 6.03. The maximum atomic E-state index is 2.32. The molecule has 0 spiro atoms. The Morgan fingerprint density at radius 3 is 1.08 bits per heavy atom. The molecule has 0 amide bonds. The van der Waals surface area contributed by atoms with Gasteiger partial charge in [-0.2, -0.15) is 0 Å². The van der Waals surface area contributed by atoms with Crippen molar-refractivity contribution in [1.29, 1.82) is 0 Å². The van der Waals surface area contributed by atoms with Gasteiger partial charge in [0.1, 0.15) is 0 Å². The number of hydrogen-bond acceptors (Lipinski definition) is 2. The average Bonchev–Trinajstić information content (AvgIpc) is 3.82. The van der Waals surface area contributed by atoms with Gasteiger partial charge in [-0.05, 0) is 117 Å². The maximum Gasteiger partial charge on any atom is 0.0449 e. The van der Waals surface area contributed by atoms with Crippen LogP contribution in [0.15, 0.2) is 146 Å². The second-order valence-electron chi connectivity index (χ2n) is 12.5. The molecule has 8 rings (SSSR count). The summed E-state index contributed by atoms with van der Waals surface area (Å²) < 4.78 is 0. The van der Waals surface area contributed by atoms with Gasteiger partial charge in [-0.1, -0.05) is 132 Å². The van der Waals surface area contributed by atoms with Crippen molar-refractivity contribution >= 4 is 68.5 Å². The molecule has 0 saturated heterocycles. The van der Waals surface area contributed by atoms with E-state index in [4.69, 9.17) is 0 Å². The van der Waals surface area contributed by atoms with Crippen LogP contribution in [0, 0.1) is 13.8 Å². The second kappa shape index (κ2) is 13.1. The molecule has 0 unspecified atom stereocenters. The Labute approximate surface area is 290 Å². The highest BCUT2D eigenvalue weighted by molar-refractivity contribution is 7.25. The number of fused-ring (bicyclic) bond motifs is 2. The van der Waals surface area contributed by atoms with E-state index >= 15 is 0 Å². The van der Waals surface area contributed by atoms with Gasteiger partial charge >= 0.3 is 0 Å². The maximum absolute atomic E-state index is 2.32. The van der Waals surface area contributed by atoms with Crippen LogP contribution in [0.1, 0.15) is 33.4 Å². The van der Waals surface area contributed by atoms with Crippen molar-refractivity contribution < 1.29 is 0 Å². The Morgan fingerprint density at radius 2 is 0.646 bits per heavy atom. The van der Waals surface area contributed by atoms with E-state index in [0.717, 1.165) is 0 Å². The molecule has 0 N–H and O–H groups in total. The highest BCUT2D eigenvalue weighted by atomic mass is 32.1. The van der Waals surface area contributed by atoms with E-state index < -0.39 is 0 Å². The first-order chi connectivity index (χ1) is 23.5. The minimum absolute atomic E-state index is 1.21. The molecule has 0 saturated carbocycles. The molecule has 0 radical (unpaired) electrons. The number of benzene rings is 6. The third-order valence-electron chi connectivity index (χ3n) is 8.84. The summed E-state index contributed by atoms with van der Waals surface area (Å²) in [6, 6.07) is 53.4. The standard InChI is InChI=1S/C46H34S2/c1-31-3-7-33(8-4-31)11-13-35-15-17-39-29-41(21-19-37(39)27-35)43-23-25-45(47-43)46-26-24-44(48-46)42-22-20-38-28-36(16-18-40(38)30-42)14-12-34-9-5-32(2)6-10-34/h3-30H,1-2H3. The summed E-state index contributed by atoms with van der Waals surface area (Å²) in [5, 5.41) is 5.04. The van der Waals surface area contributed by atoms with Crippen LogP contribution in [-0.2, 0) is 0 Å². The van der Waals surface area contributed by atoms with Crippen molar-refractivity contribution in [3.63, 3.8) is 0 Å². The first-order valence-corrected chi connectivity index (χ1v) is 17.9. The Morgan fingerprint density at radius 1 is 0.312 bits per heavy atom. The molecular weight excluding hydrogens is 617 g/mol. The van der Waals surface area contributed by atoms with E-state index in [0.29, 0.717) is 0 Å². The first-order valence-electron chi connectivity index (χ1n) is 16.3. The highest BCUT2D eigenvalue weighted by Crippen LogP contribution is 2.41. The lowest BCUT2D eigenvalue weighted by atomic mass is 10.0. The van der Waals surface area contributed by atoms with E-state index in [1.807, 2.05) is 22.7 Å². The van der Waals surface area contributed by atoms with Crippen LogP contribution in [0.25, 0.3) is 76.5 Å². The fraction of sp³-hybridized carbons (Fsp3) is 0.0435. The number of hydrogen-bond donors (Lipinski definition) is 0. The summed E-state index contributed by atoms with van der Waals surface area (Å²) in [5.41, 5.74) is 9.96. The van der Waals surface area contributed by atoms with Crippen LogP contribution in [0.4, 0.5) is 0 Å². The molecule has 6 aromatic carbocycles. The quantitative estimate of drug-likeness (QED) is 0.151. The molecule has 0 aliphatic carbocycles. The zero-order valence-electron chi connectivity index (χ0n) is 27.0. The first kappa shape index (κ1) is 30.1. The molecule has 2 aromatic heterocycles. The molecular formula is C46H34S2. The molecule has 230 valence electrons. The number of thiophene rings is 2. The van der Waals surface area contributed by atoms with Gasteiger partial charge in [0.05, 0.1) is 0 Å². The van der Waals surface area contributed by atoms with Gasteiger partial charge in [-0.3, -0.25) is 0 Å². The molecule has 0 bridgehead atoms. The van der Waals surface area contributed by atoms with Crippen molar-refractivity contribution in [3.8, 4) is 30.6 Å². The van der Waals surface area contributed by atoms with E-state index in [-0.39, 0.29) is 0 Å². The predicted molar refractivity (Wildman–Crippen MR) is 214 cm³/mol. The van der Waals surface area contributed by atoms with Crippen molar-refractivity contribution in [2.75, 3.05) is 0 Å². The van der Waals surface area contributed by atoms with E-state index in [9.17, 15) is 0 Å². The molecule has 0 aliphatic heterocycles. The monoisotopic (exact) mass is 650 g/mol. The van der Waals surface area contributed by atoms with Gasteiger partial charge in [0.2, 0.25) is 0 Å². The van der Waals surface area contributed by atoms with E-state index in [2.05, 4.69) is 184 Å². The lowest BCUT2D eigenvalue weighted by Gasteiger charge is -2.04. The Kier molecular flexibility index (Phi) is 8.20. The molecule has 2 heterocycles. The minimum atomic E-state index is 1.21. The van der Waals surface area contributed by atoms with Gasteiger partial charge in [0.25, 0.3) is 0 Å². The minimum Gasteiger partial charge on any atom is -0.134 e. The third kappa shape index (κ3) is 6.59. The van der Waals surface area contributed by atoms with Crippen molar-refractivity contribution in [2.24, 2.45) is 0 Å².